The van der Waals surface area contributed by atoms with Gasteiger partial charge < -0.3 is 5.32 Å². The Kier molecular flexibility index (Phi) is 3.42. The predicted molar refractivity (Wildman–Crippen MR) is 62.6 cm³/mol. The van der Waals surface area contributed by atoms with Crippen molar-refractivity contribution in [1.29, 1.82) is 5.26 Å². The van der Waals surface area contributed by atoms with E-state index >= 15 is 0 Å². The molecule has 0 spiro atoms. The molecule has 0 heterocycles. The average Bonchev–Trinajstić information content (AvgIpc) is 3.19. The molecule has 0 aliphatic heterocycles. The van der Waals surface area contributed by atoms with Crippen molar-refractivity contribution in [1.82, 2.24) is 5.32 Å². The van der Waals surface area contributed by atoms with E-state index < -0.39 is 28.4 Å². The number of nitro benzene ring substituents is 1. The van der Waals surface area contributed by atoms with Crippen LogP contribution in [0.2, 0.25) is 0 Å². The lowest BCUT2D eigenvalue weighted by atomic mass is 10.1. The van der Waals surface area contributed by atoms with E-state index in [1.54, 1.807) is 0 Å². The zero-order chi connectivity index (χ0) is 14.0. The molecule has 1 aliphatic rings. The maximum absolute atomic E-state index is 12.9. The molecule has 7 heteroatoms. The Balaban J connectivity index is 2.23. The van der Waals surface area contributed by atoms with Gasteiger partial charge in [0.25, 0.3) is 11.6 Å². The van der Waals surface area contributed by atoms with Crippen LogP contribution >= 0.6 is 0 Å². The van der Waals surface area contributed by atoms with Crippen LogP contribution in [0.3, 0.4) is 0 Å². The summed E-state index contributed by atoms with van der Waals surface area (Å²) in [6.07, 6.45) is 1.70. The molecule has 0 bridgehead atoms. The van der Waals surface area contributed by atoms with Crippen LogP contribution in [0, 0.1) is 33.2 Å². The molecule has 0 radical (unpaired) electrons. The van der Waals surface area contributed by atoms with Crippen molar-refractivity contribution in [3.63, 3.8) is 0 Å². The number of hydrogen-bond donors (Lipinski definition) is 1. The van der Waals surface area contributed by atoms with Crippen LogP contribution in [0.4, 0.5) is 10.1 Å². The topological polar surface area (TPSA) is 96.0 Å². The van der Waals surface area contributed by atoms with Gasteiger partial charge in [0.2, 0.25) is 0 Å². The van der Waals surface area contributed by atoms with Gasteiger partial charge in [-0.1, -0.05) is 0 Å². The first-order valence-corrected chi connectivity index (χ1v) is 5.67. The predicted octanol–water partition coefficient (Wildman–Crippen LogP) is 1.77. The van der Waals surface area contributed by atoms with Gasteiger partial charge in [-0.2, -0.15) is 5.26 Å². The lowest BCUT2D eigenvalue weighted by molar-refractivity contribution is -0.385. The Hall–Kier alpha value is -2.49. The summed E-state index contributed by atoms with van der Waals surface area (Å²) in [4.78, 5) is 21.8. The van der Waals surface area contributed by atoms with E-state index in [0.29, 0.717) is 6.07 Å². The fourth-order valence-electron chi connectivity index (χ4n) is 1.75. The maximum atomic E-state index is 12.9. The summed E-state index contributed by atoms with van der Waals surface area (Å²) < 4.78 is 12.9. The number of hydrogen-bond acceptors (Lipinski definition) is 4. The quantitative estimate of drug-likeness (QED) is 0.661. The first kappa shape index (κ1) is 13.0. The third kappa shape index (κ3) is 2.85. The van der Waals surface area contributed by atoms with Crippen LogP contribution in [0.5, 0.6) is 0 Å². The maximum Gasteiger partial charge on any atom is 0.285 e. The Bertz CT molecular complexity index is 578. The summed E-state index contributed by atoms with van der Waals surface area (Å²) in [5, 5.41) is 22.1. The summed E-state index contributed by atoms with van der Waals surface area (Å²) in [6.45, 7) is 0. The molecule has 0 aromatic heterocycles. The van der Waals surface area contributed by atoms with E-state index in [1.165, 1.54) is 0 Å². The van der Waals surface area contributed by atoms with E-state index in [2.05, 4.69) is 5.32 Å². The number of nitrogens with zero attached hydrogens (tertiary/aromatic N) is 2. The fourth-order valence-corrected chi connectivity index (χ4v) is 1.75. The van der Waals surface area contributed by atoms with Crippen LogP contribution in [-0.2, 0) is 0 Å². The Labute approximate surface area is 108 Å². The molecule has 2 rings (SSSR count). The van der Waals surface area contributed by atoms with Gasteiger partial charge in [0.05, 0.1) is 17.1 Å². The molecular formula is C12H10FN3O3. The largest absolute Gasteiger partial charge is 0.336 e. The van der Waals surface area contributed by atoms with Crippen molar-refractivity contribution in [3.05, 3.63) is 39.7 Å². The molecule has 1 aromatic rings. The molecule has 1 saturated carbocycles. The normalized spacial score (nSPS) is 15.4. The number of nitrogens with one attached hydrogen (secondary N) is 1. The molecule has 1 N–H and O–H groups in total. The number of nitriles is 1. The average molecular weight is 263 g/mol. The molecule has 98 valence electrons. The Morgan fingerprint density at radius 2 is 2.26 bits per heavy atom. The third-order valence-corrected chi connectivity index (χ3v) is 2.92. The number of rotatable bonds is 4. The van der Waals surface area contributed by atoms with Crippen LogP contribution < -0.4 is 5.32 Å². The van der Waals surface area contributed by atoms with Crippen molar-refractivity contribution < 1.29 is 14.1 Å². The summed E-state index contributed by atoms with van der Waals surface area (Å²) in [6, 6.07) is 4.00. The van der Waals surface area contributed by atoms with E-state index in [9.17, 15) is 19.3 Å². The monoisotopic (exact) mass is 263 g/mol. The van der Waals surface area contributed by atoms with Crippen molar-refractivity contribution in [3.8, 4) is 6.07 Å². The van der Waals surface area contributed by atoms with Crippen LogP contribution in [0.15, 0.2) is 18.2 Å². The first-order valence-electron chi connectivity index (χ1n) is 5.67. The van der Waals surface area contributed by atoms with Gasteiger partial charge >= 0.3 is 0 Å². The van der Waals surface area contributed by atoms with Gasteiger partial charge in [-0.15, -0.1) is 0 Å². The lowest BCUT2D eigenvalue weighted by Crippen LogP contribution is -2.35. The molecule has 1 unspecified atom stereocenters. The van der Waals surface area contributed by atoms with Gasteiger partial charge in [0.1, 0.15) is 17.4 Å². The van der Waals surface area contributed by atoms with Gasteiger partial charge in [-0.3, -0.25) is 14.9 Å². The lowest BCUT2D eigenvalue weighted by Gasteiger charge is -2.10. The van der Waals surface area contributed by atoms with Gasteiger partial charge in [0, 0.05) is 0 Å². The number of benzene rings is 1. The highest BCUT2D eigenvalue weighted by Gasteiger charge is 2.33. The molecular weight excluding hydrogens is 253 g/mol. The van der Waals surface area contributed by atoms with Crippen molar-refractivity contribution >= 4 is 11.6 Å². The third-order valence-electron chi connectivity index (χ3n) is 2.92. The summed E-state index contributed by atoms with van der Waals surface area (Å²) in [5.74, 6) is -1.42. The fraction of sp³-hybridized carbons (Fsp3) is 0.333. The number of nitro groups is 1. The van der Waals surface area contributed by atoms with Gasteiger partial charge in [-0.25, -0.2) is 4.39 Å². The number of carbonyl (C=O) groups excluding carboxylic acids is 1. The second-order valence-corrected chi connectivity index (χ2v) is 4.34. The standard InChI is InChI=1S/C12H10FN3O3/c13-8-3-4-9(11(5-8)16(18)19)12(17)15-10(6-14)7-1-2-7/h3-5,7,10H,1-2H2,(H,15,17). The van der Waals surface area contributed by atoms with Crippen LogP contribution in [0.25, 0.3) is 0 Å². The molecule has 1 aromatic carbocycles. The number of halogens is 1. The molecule has 6 nitrogen and oxygen atoms in total. The smallest absolute Gasteiger partial charge is 0.285 e. The van der Waals surface area contributed by atoms with Crippen LogP contribution in [-0.4, -0.2) is 16.9 Å². The van der Waals surface area contributed by atoms with Crippen molar-refractivity contribution in [2.75, 3.05) is 0 Å². The Morgan fingerprint density at radius 1 is 1.58 bits per heavy atom. The zero-order valence-corrected chi connectivity index (χ0v) is 9.80. The van der Waals surface area contributed by atoms with Gasteiger partial charge in [-0.05, 0) is 30.9 Å². The van der Waals surface area contributed by atoms with E-state index in [-0.39, 0.29) is 11.5 Å². The van der Waals surface area contributed by atoms with E-state index in [4.69, 9.17) is 5.26 Å². The minimum Gasteiger partial charge on any atom is -0.336 e. The van der Waals surface area contributed by atoms with E-state index in [1.807, 2.05) is 6.07 Å². The molecule has 19 heavy (non-hydrogen) atoms. The summed E-state index contributed by atoms with van der Waals surface area (Å²) in [7, 11) is 0. The molecule has 1 aliphatic carbocycles. The minimum absolute atomic E-state index is 0.105. The molecule has 1 atom stereocenters. The number of carbonyl (C=O) groups is 1. The highest BCUT2D eigenvalue weighted by Crippen LogP contribution is 2.32. The second kappa shape index (κ2) is 5.02. The van der Waals surface area contributed by atoms with Crippen molar-refractivity contribution in [2.45, 2.75) is 18.9 Å². The summed E-state index contributed by atoms with van der Waals surface area (Å²) >= 11 is 0. The first-order chi connectivity index (χ1) is 9.02. The number of amides is 1. The SMILES string of the molecule is N#CC(NC(=O)c1ccc(F)cc1[N+](=O)[O-])C1CC1. The molecule has 0 saturated heterocycles. The Morgan fingerprint density at radius 3 is 2.79 bits per heavy atom. The van der Waals surface area contributed by atoms with E-state index in [0.717, 1.165) is 25.0 Å². The second-order valence-electron chi connectivity index (χ2n) is 4.34. The molecule has 1 fully saturated rings. The minimum atomic E-state index is -0.823. The van der Waals surface area contributed by atoms with Crippen LogP contribution in [0.1, 0.15) is 23.2 Å². The zero-order valence-electron chi connectivity index (χ0n) is 9.80. The summed E-state index contributed by atoms with van der Waals surface area (Å²) in [5.41, 5.74) is -0.850. The van der Waals surface area contributed by atoms with Gasteiger partial charge in [0.15, 0.2) is 0 Å². The highest BCUT2D eigenvalue weighted by molar-refractivity contribution is 5.98. The molecule has 1 amide bonds. The van der Waals surface area contributed by atoms with Crippen molar-refractivity contribution in [2.24, 2.45) is 5.92 Å². The highest BCUT2D eigenvalue weighted by atomic mass is 19.1.